The van der Waals surface area contributed by atoms with Crippen LogP contribution in [0.5, 0.6) is 0 Å². The van der Waals surface area contributed by atoms with Crippen LogP contribution in [-0.2, 0) is 7.05 Å². The number of aromatic nitrogens is 5. The number of nitrogens with one attached hydrogen (secondary N) is 1. The summed E-state index contributed by atoms with van der Waals surface area (Å²) < 4.78 is 43.6. The summed E-state index contributed by atoms with van der Waals surface area (Å²) in [7, 11) is 1.53. The van der Waals surface area contributed by atoms with Crippen molar-refractivity contribution in [2.45, 2.75) is 11.8 Å². The van der Waals surface area contributed by atoms with Crippen LogP contribution in [0.25, 0.3) is 10.8 Å². The highest BCUT2D eigenvalue weighted by Gasteiger charge is 2.37. The minimum atomic E-state index is -1.09. The molecule has 2 atom stereocenters. The van der Waals surface area contributed by atoms with E-state index in [0.717, 1.165) is 18.2 Å². The van der Waals surface area contributed by atoms with Gasteiger partial charge in [-0.15, -0.1) is 0 Å². The van der Waals surface area contributed by atoms with Gasteiger partial charge in [0.05, 0.1) is 22.9 Å². The second-order valence-corrected chi connectivity index (χ2v) is 7.14. The Hall–Kier alpha value is -4.09. The van der Waals surface area contributed by atoms with Crippen molar-refractivity contribution >= 4 is 10.8 Å². The molecule has 2 unspecified atom stereocenters. The van der Waals surface area contributed by atoms with Crippen LogP contribution in [0, 0.1) is 27.6 Å². The van der Waals surface area contributed by atoms with E-state index >= 15 is 0 Å². The molecule has 0 aliphatic carbocycles. The van der Waals surface area contributed by atoms with Crippen LogP contribution >= 0.6 is 0 Å². The van der Waals surface area contributed by atoms with Gasteiger partial charge in [0, 0.05) is 23.4 Å². The van der Waals surface area contributed by atoms with Crippen molar-refractivity contribution < 1.29 is 18.1 Å². The number of rotatable bonds is 6. The molecule has 0 radical (unpaired) electrons. The van der Waals surface area contributed by atoms with Crippen molar-refractivity contribution in [3.63, 3.8) is 0 Å². The first-order valence-corrected chi connectivity index (χ1v) is 9.34. The highest BCUT2D eigenvalue weighted by Crippen LogP contribution is 2.39. The van der Waals surface area contributed by atoms with E-state index in [2.05, 4.69) is 20.3 Å². The zero-order valence-corrected chi connectivity index (χ0v) is 16.5. The molecule has 0 saturated heterocycles. The Morgan fingerprint density at radius 3 is 2.50 bits per heavy atom. The van der Waals surface area contributed by atoms with Crippen molar-refractivity contribution in [1.29, 1.82) is 0 Å². The first kappa shape index (κ1) is 21.2. The van der Waals surface area contributed by atoms with Crippen LogP contribution in [0.3, 0.4) is 0 Å². The van der Waals surface area contributed by atoms with Gasteiger partial charge >= 0.3 is 0 Å². The Labute approximate surface area is 177 Å². The van der Waals surface area contributed by atoms with Crippen molar-refractivity contribution in [2.75, 3.05) is 6.54 Å². The Morgan fingerprint density at radius 1 is 1.16 bits per heavy atom. The maximum atomic E-state index is 14.9. The number of aryl methyl sites for hydroxylation is 1. The minimum Gasteiger partial charge on any atom is -0.267 e. The first-order chi connectivity index (χ1) is 15.3. The fourth-order valence-corrected chi connectivity index (χ4v) is 3.82. The molecule has 0 amide bonds. The molecule has 0 bridgehead atoms. The number of benzene rings is 2. The van der Waals surface area contributed by atoms with Gasteiger partial charge in [0.2, 0.25) is 6.54 Å². The largest absolute Gasteiger partial charge is 0.272 e. The Morgan fingerprint density at radius 2 is 1.88 bits per heavy atom. The molecule has 9 nitrogen and oxygen atoms in total. The minimum absolute atomic E-state index is 0.0932. The molecule has 0 spiro atoms. The lowest BCUT2D eigenvalue weighted by molar-refractivity contribution is -0.483. The molecular weight excluding hydrogens is 429 g/mol. The van der Waals surface area contributed by atoms with Crippen LogP contribution in [0.1, 0.15) is 28.9 Å². The number of aromatic amines is 1. The summed E-state index contributed by atoms with van der Waals surface area (Å²) in [6.07, 6.45) is 1.21. The summed E-state index contributed by atoms with van der Waals surface area (Å²) in [4.78, 5) is 27.4. The van der Waals surface area contributed by atoms with Crippen LogP contribution in [0.2, 0.25) is 0 Å². The van der Waals surface area contributed by atoms with Crippen molar-refractivity contribution in [3.8, 4) is 0 Å². The summed E-state index contributed by atoms with van der Waals surface area (Å²) in [5.41, 5.74) is -0.560. The highest BCUT2D eigenvalue weighted by molar-refractivity contribution is 5.85. The van der Waals surface area contributed by atoms with Gasteiger partial charge in [-0.1, -0.05) is 12.1 Å². The summed E-state index contributed by atoms with van der Waals surface area (Å²) in [6.45, 7) is -0.645. The number of nitro groups is 1. The van der Waals surface area contributed by atoms with Crippen molar-refractivity contribution in [2.24, 2.45) is 7.05 Å². The van der Waals surface area contributed by atoms with Crippen molar-refractivity contribution in [1.82, 2.24) is 25.0 Å². The van der Waals surface area contributed by atoms with Gasteiger partial charge in [-0.3, -0.25) is 19.6 Å². The molecule has 164 valence electrons. The van der Waals surface area contributed by atoms with Gasteiger partial charge in [-0.2, -0.15) is 10.2 Å². The fraction of sp³-hybridized carbons (Fsp3) is 0.200. The molecule has 0 aliphatic rings. The molecule has 4 rings (SSSR count). The molecule has 12 heteroatoms. The lowest BCUT2D eigenvalue weighted by Gasteiger charge is -2.24. The van der Waals surface area contributed by atoms with E-state index in [9.17, 15) is 28.1 Å². The Balaban J connectivity index is 2.05. The van der Waals surface area contributed by atoms with E-state index in [1.165, 1.54) is 30.2 Å². The molecule has 2 aromatic carbocycles. The van der Waals surface area contributed by atoms with Crippen LogP contribution in [0.15, 0.2) is 47.5 Å². The molecule has 1 N–H and O–H groups in total. The second kappa shape index (κ2) is 8.21. The number of fused-ring (bicyclic) bond motifs is 1. The van der Waals surface area contributed by atoms with Crippen LogP contribution < -0.4 is 5.56 Å². The molecule has 0 fully saturated rings. The fourth-order valence-electron chi connectivity index (χ4n) is 3.82. The Kier molecular flexibility index (Phi) is 5.43. The summed E-state index contributed by atoms with van der Waals surface area (Å²) in [5.74, 6) is -4.46. The van der Waals surface area contributed by atoms with E-state index in [0.29, 0.717) is 11.6 Å². The van der Waals surface area contributed by atoms with Gasteiger partial charge in [0.25, 0.3) is 5.56 Å². The molecule has 32 heavy (non-hydrogen) atoms. The second-order valence-electron chi connectivity index (χ2n) is 7.14. The lowest BCUT2D eigenvalue weighted by atomic mass is 9.81. The first-order valence-electron chi connectivity index (χ1n) is 9.34. The average molecular weight is 444 g/mol. The van der Waals surface area contributed by atoms with Gasteiger partial charge in [0.15, 0.2) is 0 Å². The van der Waals surface area contributed by atoms with Gasteiger partial charge in [-0.25, -0.2) is 23.3 Å². The number of H-pyrrole nitrogens is 1. The van der Waals surface area contributed by atoms with E-state index in [-0.39, 0.29) is 22.3 Å². The average Bonchev–Trinajstić information content (AvgIpc) is 3.15. The zero-order chi connectivity index (χ0) is 23.0. The normalized spacial score (nSPS) is 13.2. The smallest absolute Gasteiger partial charge is 0.267 e. The third-order valence-corrected chi connectivity index (χ3v) is 5.20. The molecule has 0 aliphatic heterocycles. The number of hydrogen-bond donors (Lipinski definition) is 1. The van der Waals surface area contributed by atoms with Crippen LogP contribution in [-0.4, -0.2) is 36.4 Å². The molecular formula is C20H15F3N6O3. The summed E-state index contributed by atoms with van der Waals surface area (Å²) in [6, 6.07) is 6.49. The maximum absolute atomic E-state index is 14.9. The lowest BCUT2D eigenvalue weighted by Crippen LogP contribution is -2.26. The standard InChI is InChI=1S/C20H15F3N6O3/c1-28-19(24-9-25-28)17(14(8-29(31)32)10-2-4-11(21)5-3-10)18-16-13(20(30)27-26-18)6-12(22)7-15(16)23/h2-7,9,14,17H,8H2,1H3,(H,27,30). The van der Waals surface area contributed by atoms with Crippen LogP contribution in [0.4, 0.5) is 13.2 Å². The molecule has 4 aromatic rings. The predicted molar refractivity (Wildman–Crippen MR) is 106 cm³/mol. The van der Waals surface area contributed by atoms with E-state index in [1.54, 1.807) is 0 Å². The number of hydrogen-bond acceptors (Lipinski definition) is 6. The number of halogens is 3. The predicted octanol–water partition coefficient (Wildman–Crippen LogP) is 2.66. The summed E-state index contributed by atoms with van der Waals surface area (Å²) in [5, 5.41) is 21.1. The SMILES string of the molecule is Cn1ncnc1C(c1n[nH]c(=O)c2cc(F)cc(F)c12)C(C[N+](=O)[O-])c1ccc(F)cc1. The molecule has 2 aromatic heterocycles. The number of nitrogens with zero attached hydrogens (tertiary/aromatic N) is 5. The van der Waals surface area contributed by atoms with Gasteiger partial charge in [0.1, 0.15) is 29.6 Å². The Bertz CT molecular complexity index is 1370. The zero-order valence-electron chi connectivity index (χ0n) is 16.5. The topological polar surface area (TPSA) is 120 Å². The third kappa shape index (κ3) is 3.82. The maximum Gasteiger partial charge on any atom is 0.272 e. The van der Waals surface area contributed by atoms with Gasteiger partial charge in [-0.05, 0) is 23.8 Å². The molecule has 2 heterocycles. The van der Waals surface area contributed by atoms with E-state index in [1.807, 2.05) is 0 Å². The third-order valence-electron chi connectivity index (χ3n) is 5.20. The summed E-state index contributed by atoms with van der Waals surface area (Å²) >= 11 is 0. The highest BCUT2D eigenvalue weighted by atomic mass is 19.1. The molecule has 0 saturated carbocycles. The quantitative estimate of drug-likeness (QED) is 0.361. The van der Waals surface area contributed by atoms with Gasteiger partial charge < -0.3 is 0 Å². The van der Waals surface area contributed by atoms with E-state index in [4.69, 9.17) is 0 Å². The monoisotopic (exact) mass is 444 g/mol. The van der Waals surface area contributed by atoms with E-state index < -0.39 is 46.3 Å². The van der Waals surface area contributed by atoms with Crippen molar-refractivity contribution in [3.05, 3.63) is 97.7 Å².